The predicted octanol–water partition coefficient (Wildman–Crippen LogP) is 5.28. The number of methoxy groups -OCH3 is 1. The van der Waals surface area contributed by atoms with Crippen molar-refractivity contribution in [2.45, 2.75) is 39.1 Å². The van der Waals surface area contributed by atoms with Gasteiger partial charge in [-0.15, -0.1) is 6.58 Å². The topological polar surface area (TPSA) is 140 Å². The standard InChI is InChI=1S/C34H37BrN4O7/c1-5-7-24-16-23(10-14-27(24)45-19-22-8-12-26(35)13-9-22)18-36-39-30(40)20-46-28-15-11-25(17-29(28)44-6-2)32-31(33(41)43-4)21(3)37-34(42)38-32/h5,8-18,30,32,39-40H,1,6-7,19-20H2,2-4H3,(H2,37,38,42)/b36-18-/t30-,32+/m1/s1. The van der Waals surface area contributed by atoms with Crippen LogP contribution in [0.1, 0.15) is 42.1 Å². The van der Waals surface area contributed by atoms with E-state index in [-0.39, 0.29) is 12.2 Å². The predicted molar refractivity (Wildman–Crippen MR) is 178 cm³/mol. The summed E-state index contributed by atoms with van der Waals surface area (Å²) in [6, 6.07) is 17.5. The summed E-state index contributed by atoms with van der Waals surface area (Å²) in [5.41, 5.74) is 6.74. The lowest BCUT2D eigenvalue weighted by molar-refractivity contribution is -0.136. The number of nitrogens with zero attached hydrogens (tertiary/aromatic N) is 1. The van der Waals surface area contributed by atoms with E-state index in [1.54, 1.807) is 31.3 Å². The molecule has 0 fully saturated rings. The van der Waals surface area contributed by atoms with Crippen LogP contribution < -0.4 is 30.3 Å². The number of hydrogen-bond donors (Lipinski definition) is 4. The van der Waals surface area contributed by atoms with Gasteiger partial charge in [0.15, 0.2) is 17.7 Å². The fourth-order valence-corrected chi connectivity index (χ4v) is 4.96. The van der Waals surface area contributed by atoms with Gasteiger partial charge in [0.2, 0.25) is 0 Å². The third kappa shape index (κ3) is 9.11. The fraction of sp³-hybridized carbons (Fsp3) is 0.265. The molecule has 1 aliphatic rings. The van der Waals surface area contributed by atoms with Gasteiger partial charge in [-0.05, 0) is 85.0 Å². The van der Waals surface area contributed by atoms with Crippen molar-refractivity contribution in [2.75, 3.05) is 20.3 Å². The summed E-state index contributed by atoms with van der Waals surface area (Å²) < 4.78 is 23.6. The number of halogens is 1. The molecule has 4 N–H and O–H groups in total. The van der Waals surface area contributed by atoms with Gasteiger partial charge >= 0.3 is 12.0 Å². The average Bonchev–Trinajstić information content (AvgIpc) is 3.04. The lowest BCUT2D eigenvalue weighted by Crippen LogP contribution is -2.45. The Morgan fingerprint density at radius 1 is 1.09 bits per heavy atom. The van der Waals surface area contributed by atoms with E-state index < -0.39 is 24.3 Å². The van der Waals surface area contributed by atoms with Gasteiger partial charge in [-0.2, -0.15) is 5.10 Å². The van der Waals surface area contributed by atoms with Crippen LogP contribution in [-0.4, -0.2) is 49.9 Å². The van der Waals surface area contributed by atoms with Gasteiger partial charge in [0, 0.05) is 10.2 Å². The van der Waals surface area contributed by atoms with Crippen LogP contribution in [0.15, 0.2) is 94.2 Å². The number of nitrogens with one attached hydrogen (secondary N) is 3. The number of hydrogen-bond acceptors (Lipinski definition) is 9. The summed E-state index contributed by atoms with van der Waals surface area (Å²) in [5, 5.41) is 20.0. The molecular weight excluding hydrogens is 656 g/mol. The molecule has 0 aliphatic carbocycles. The second kappa shape index (κ2) is 16.5. The van der Waals surface area contributed by atoms with E-state index >= 15 is 0 Å². The first-order valence-corrected chi connectivity index (χ1v) is 15.4. The van der Waals surface area contributed by atoms with Crippen molar-refractivity contribution >= 4 is 34.1 Å². The van der Waals surface area contributed by atoms with Gasteiger partial charge in [0.1, 0.15) is 19.0 Å². The summed E-state index contributed by atoms with van der Waals surface area (Å²) in [6.07, 6.45) is 2.89. The molecule has 1 heterocycles. The zero-order chi connectivity index (χ0) is 33.1. The van der Waals surface area contributed by atoms with Gasteiger partial charge in [-0.25, -0.2) is 9.59 Å². The summed E-state index contributed by atoms with van der Waals surface area (Å²) >= 11 is 3.44. The zero-order valence-corrected chi connectivity index (χ0v) is 27.4. The number of ether oxygens (including phenoxy) is 4. The summed E-state index contributed by atoms with van der Waals surface area (Å²) in [7, 11) is 1.28. The minimum absolute atomic E-state index is 0.141. The molecule has 4 rings (SSSR count). The Balaban J connectivity index is 1.37. The average molecular weight is 694 g/mol. The summed E-state index contributed by atoms with van der Waals surface area (Å²) in [6.45, 7) is 7.93. The number of aliphatic hydroxyl groups excluding tert-OH is 1. The number of amides is 2. The molecule has 11 nitrogen and oxygen atoms in total. The minimum Gasteiger partial charge on any atom is -0.490 e. The SMILES string of the molecule is C=CCc1cc(/C=N\N[C@H](O)COc2ccc([C@@H]3NC(=O)NC(C)=C3C(=O)OC)cc2OCC)ccc1OCc1ccc(Br)cc1. The number of esters is 1. The lowest BCUT2D eigenvalue weighted by atomic mass is 9.95. The second-order valence-electron chi connectivity index (χ2n) is 10.2. The van der Waals surface area contributed by atoms with Crippen LogP contribution in [0.25, 0.3) is 0 Å². The van der Waals surface area contributed by atoms with Crippen molar-refractivity contribution in [1.82, 2.24) is 16.1 Å². The summed E-state index contributed by atoms with van der Waals surface area (Å²) in [5.74, 6) is 0.931. The Hall–Kier alpha value is -4.81. The van der Waals surface area contributed by atoms with Crippen molar-refractivity contribution in [2.24, 2.45) is 5.10 Å². The molecule has 3 aromatic carbocycles. The molecule has 0 saturated carbocycles. The molecule has 0 aromatic heterocycles. The van der Waals surface area contributed by atoms with E-state index in [2.05, 4.69) is 43.7 Å². The van der Waals surface area contributed by atoms with E-state index in [4.69, 9.17) is 18.9 Å². The molecule has 0 saturated heterocycles. The molecule has 1 aliphatic heterocycles. The van der Waals surface area contributed by atoms with Crippen molar-refractivity contribution in [3.63, 3.8) is 0 Å². The van der Waals surface area contributed by atoms with Gasteiger partial charge in [0.05, 0.1) is 31.5 Å². The largest absolute Gasteiger partial charge is 0.490 e. The van der Waals surface area contributed by atoms with Crippen molar-refractivity contribution < 1.29 is 33.6 Å². The molecule has 0 radical (unpaired) electrons. The van der Waals surface area contributed by atoms with Gasteiger partial charge in [0.25, 0.3) is 0 Å². The van der Waals surface area contributed by atoms with Crippen LogP contribution >= 0.6 is 15.9 Å². The highest BCUT2D eigenvalue weighted by molar-refractivity contribution is 9.10. The van der Waals surface area contributed by atoms with E-state index in [9.17, 15) is 14.7 Å². The second-order valence-corrected chi connectivity index (χ2v) is 11.1. The number of aliphatic hydroxyl groups is 1. The van der Waals surface area contributed by atoms with Crippen molar-refractivity contribution in [1.29, 1.82) is 0 Å². The van der Waals surface area contributed by atoms with Crippen LogP contribution in [0.2, 0.25) is 0 Å². The molecule has 0 bridgehead atoms. The number of carbonyl (C=O) groups is 2. The number of rotatable bonds is 15. The molecular formula is C34H37BrN4O7. The van der Waals surface area contributed by atoms with E-state index in [1.807, 2.05) is 55.5 Å². The molecule has 0 unspecified atom stereocenters. The first kappa shape index (κ1) is 34.1. The normalized spacial score (nSPS) is 15.1. The van der Waals surface area contributed by atoms with E-state index in [0.29, 0.717) is 42.4 Å². The minimum atomic E-state index is -1.13. The maximum atomic E-state index is 12.5. The highest BCUT2D eigenvalue weighted by atomic mass is 79.9. The van der Waals surface area contributed by atoms with Crippen LogP contribution in [-0.2, 0) is 22.6 Å². The number of benzene rings is 3. The third-order valence-corrected chi connectivity index (χ3v) is 7.39. The van der Waals surface area contributed by atoms with Crippen molar-refractivity contribution in [3.05, 3.63) is 111 Å². The van der Waals surface area contributed by atoms with Crippen LogP contribution in [0.3, 0.4) is 0 Å². The van der Waals surface area contributed by atoms with E-state index in [0.717, 1.165) is 26.9 Å². The van der Waals surface area contributed by atoms with Crippen LogP contribution in [0.5, 0.6) is 17.2 Å². The van der Waals surface area contributed by atoms with Gasteiger partial charge in [-0.3, -0.25) is 5.43 Å². The molecule has 242 valence electrons. The Bertz CT molecular complexity index is 1610. The summed E-state index contributed by atoms with van der Waals surface area (Å²) in [4.78, 5) is 24.6. The lowest BCUT2D eigenvalue weighted by Gasteiger charge is -2.28. The maximum Gasteiger partial charge on any atom is 0.337 e. The molecule has 2 amide bonds. The number of hydrazone groups is 1. The Morgan fingerprint density at radius 3 is 2.57 bits per heavy atom. The molecule has 46 heavy (non-hydrogen) atoms. The Morgan fingerprint density at radius 2 is 1.85 bits per heavy atom. The maximum absolute atomic E-state index is 12.5. The molecule has 2 atom stereocenters. The van der Waals surface area contributed by atoms with Gasteiger partial charge in [-0.1, -0.05) is 40.2 Å². The van der Waals surface area contributed by atoms with E-state index in [1.165, 1.54) is 7.11 Å². The van der Waals surface area contributed by atoms with Crippen LogP contribution in [0.4, 0.5) is 4.79 Å². The number of allylic oxidation sites excluding steroid dienone is 2. The monoisotopic (exact) mass is 692 g/mol. The third-order valence-electron chi connectivity index (χ3n) is 6.87. The fourth-order valence-electron chi connectivity index (χ4n) is 4.70. The van der Waals surface area contributed by atoms with Gasteiger partial charge < -0.3 is 34.7 Å². The Kier molecular flexibility index (Phi) is 12.2. The number of urea groups is 1. The zero-order valence-electron chi connectivity index (χ0n) is 25.8. The quantitative estimate of drug-likeness (QED) is 0.0555. The van der Waals surface area contributed by atoms with Crippen molar-refractivity contribution in [3.8, 4) is 17.2 Å². The number of carbonyl (C=O) groups excluding carboxylic acids is 2. The highest BCUT2D eigenvalue weighted by Gasteiger charge is 2.32. The first-order valence-electron chi connectivity index (χ1n) is 14.6. The smallest absolute Gasteiger partial charge is 0.337 e. The Labute approximate surface area is 276 Å². The molecule has 0 spiro atoms. The van der Waals surface area contributed by atoms with Crippen LogP contribution in [0, 0.1) is 0 Å². The molecule has 12 heteroatoms. The molecule has 3 aromatic rings. The highest BCUT2D eigenvalue weighted by Crippen LogP contribution is 2.35. The first-order chi connectivity index (χ1) is 22.2.